The summed E-state index contributed by atoms with van der Waals surface area (Å²) < 4.78 is 0. The van der Waals surface area contributed by atoms with Gasteiger partial charge in [-0.1, -0.05) is 53.4 Å². The standard InChI is InChI=1S/C14H28/c1-5-7-13-9-11(3)12(4)14(10-13)8-6-2/h11-14H,5-10H2,1-4H3. The topological polar surface area (TPSA) is 0 Å². The maximum Gasteiger partial charge on any atom is -0.0383 e. The third-order valence-electron chi connectivity index (χ3n) is 4.34. The smallest absolute Gasteiger partial charge is 0.0383 e. The fraction of sp³-hybridized carbons (Fsp3) is 1.00. The average molecular weight is 196 g/mol. The van der Waals surface area contributed by atoms with Gasteiger partial charge in [0.1, 0.15) is 0 Å². The van der Waals surface area contributed by atoms with E-state index in [0.717, 1.165) is 23.7 Å². The predicted molar refractivity (Wildman–Crippen MR) is 64.4 cm³/mol. The van der Waals surface area contributed by atoms with Gasteiger partial charge in [-0.2, -0.15) is 0 Å². The molecule has 0 amide bonds. The van der Waals surface area contributed by atoms with Gasteiger partial charge in [0.25, 0.3) is 0 Å². The Labute approximate surface area is 90.5 Å². The van der Waals surface area contributed by atoms with E-state index < -0.39 is 0 Å². The van der Waals surface area contributed by atoms with E-state index in [0.29, 0.717) is 0 Å². The highest BCUT2D eigenvalue weighted by Crippen LogP contribution is 2.41. The zero-order valence-corrected chi connectivity index (χ0v) is 10.6. The molecule has 0 heteroatoms. The highest BCUT2D eigenvalue weighted by atomic mass is 14.4. The van der Waals surface area contributed by atoms with Crippen LogP contribution in [0.2, 0.25) is 0 Å². The van der Waals surface area contributed by atoms with Crippen molar-refractivity contribution in [3.63, 3.8) is 0 Å². The van der Waals surface area contributed by atoms with E-state index in [1.807, 2.05) is 0 Å². The molecule has 0 spiro atoms. The summed E-state index contributed by atoms with van der Waals surface area (Å²) in [4.78, 5) is 0. The van der Waals surface area contributed by atoms with Crippen LogP contribution < -0.4 is 0 Å². The molecule has 0 aromatic carbocycles. The quantitative estimate of drug-likeness (QED) is 0.601. The Hall–Kier alpha value is 0. The molecule has 0 N–H and O–H groups in total. The van der Waals surface area contributed by atoms with Crippen molar-refractivity contribution in [1.29, 1.82) is 0 Å². The molecule has 1 aliphatic carbocycles. The zero-order valence-electron chi connectivity index (χ0n) is 10.6. The second kappa shape index (κ2) is 5.78. The van der Waals surface area contributed by atoms with Crippen molar-refractivity contribution in [2.24, 2.45) is 23.7 Å². The van der Waals surface area contributed by atoms with Crippen LogP contribution in [0.1, 0.15) is 66.2 Å². The molecule has 0 nitrogen and oxygen atoms in total. The molecule has 0 aromatic heterocycles. The van der Waals surface area contributed by atoms with Crippen molar-refractivity contribution in [1.82, 2.24) is 0 Å². The first kappa shape index (κ1) is 12.1. The summed E-state index contributed by atoms with van der Waals surface area (Å²) in [5.41, 5.74) is 0. The first-order valence-electron chi connectivity index (χ1n) is 6.69. The van der Waals surface area contributed by atoms with Gasteiger partial charge in [-0.05, 0) is 36.5 Å². The summed E-state index contributed by atoms with van der Waals surface area (Å²) >= 11 is 0. The van der Waals surface area contributed by atoms with E-state index in [9.17, 15) is 0 Å². The minimum Gasteiger partial charge on any atom is -0.0654 e. The summed E-state index contributed by atoms with van der Waals surface area (Å²) in [5.74, 6) is 4.02. The molecule has 1 rings (SSSR count). The lowest BCUT2D eigenvalue weighted by molar-refractivity contribution is 0.116. The van der Waals surface area contributed by atoms with Gasteiger partial charge >= 0.3 is 0 Å². The third kappa shape index (κ3) is 3.00. The fourth-order valence-corrected chi connectivity index (χ4v) is 3.34. The van der Waals surface area contributed by atoms with Crippen LogP contribution in [-0.2, 0) is 0 Å². The average Bonchev–Trinajstić information content (AvgIpc) is 2.14. The van der Waals surface area contributed by atoms with Gasteiger partial charge in [-0.25, -0.2) is 0 Å². The molecule has 1 saturated carbocycles. The van der Waals surface area contributed by atoms with Crippen LogP contribution >= 0.6 is 0 Å². The Kier molecular flexibility index (Phi) is 4.98. The molecule has 0 aliphatic heterocycles. The second-order valence-electron chi connectivity index (χ2n) is 5.51. The Balaban J connectivity index is 2.47. The molecule has 0 aromatic rings. The van der Waals surface area contributed by atoms with Crippen LogP contribution in [0.4, 0.5) is 0 Å². The SMILES string of the molecule is CCCC1CC(C)C(C)C(CCC)C1. The maximum atomic E-state index is 2.48. The molecule has 0 saturated heterocycles. The van der Waals surface area contributed by atoms with Gasteiger partial charge in [0.05, 0.1) is 0 Å². The number of hydrogen-bond acceptors (Lipinski definition) is 0. The van der Waals surface area contributed by atoms with Crippen molar-refractivity contribution >= 4 is 0 Å². The van der Waals surface area contributed by atoms with E-state index >= 15 is 0 Å². The lowest BCUT2D eigenvalue weighted by Gasteiger charge is -2.39. The Morgan fingerprint density at radius 1 is 0.929 bits per heavy atom. The lowest BCUT2D eigenvalue weighted by atomic mass is 9.67. The van der Waals surface area contributed by atoms with Gasteiger partial charge in [-0.15, -0.1) is 0 Å². The van der Waals surface area contributed by atoms with E-state index in [2.05, 4.69) is 27.7 Å². The van der Waals surface area contributed by atoms with Gasteiger partial charge in [0.2, 0.25) is 0 Å². The molecule has 0 heterocycles. The highest BCUT2D eigenvalue weighted by Gasteiger charge is 2.31. The van der Waals surface area contributed by atoms with Crippen molar-refractivity contribution in [3.05, 3.63) is 0 Å². The van der Waals surface area contributed by atoms with E-state index in [1.54, 1.807) is 0 Å². The molecule has 1 fully saturated rings. The maximum absolute atomic E-state index is 2.48. The molecule has 84 valence electrons. The molecule has 0 radical (unpaired) electrons. The van der Waals surface area contributed by atoms with Crippen LogP contribution in [0, 0.1) is 23.7 Å². The molecular weight excluding hydrogens is 168 g/mol. The summed E-state index contributed by atoms with van der Waals surface area (Å²) in [6.45, 7) is 9.61. The Morgan fingerprint density at radius 2 is 1.57 bits per heavy atom. The van der Waals surface area contributed by atoms with Crippen molar-refractivity contribution in [3.8, 4) is 0 Å². The van der Waals surface area contributed by atoms with Gasteiger partial charge < -0.3 is 0 Å². The van der Waals surface area contributed by atoms with E-state index in [1.165, 1.54) is 38.5 Å². The molecular formula is C14H28. The predicted octanol–water partition coefficient (Wildman–Crippen LogP) is 4.89. The van der Waals surface area contributed by atoms with Gasteiger partial charge in [-0.3, -0.25) is 0 Å². The van der Waals surface area contributed by atoms with E-state index in [4.69, 9.17) is 0 Å². The van der Waals surface area contributed by atoms with Crippen LogP contribution in [0.3, 0.4) is 0 Å². The zero-order chi connectivity index (χ0) is 10.6. The Bertz CT molecular complexity index is 150. The Morgan fingerprint density at radius 3 is 2.14 bits per heavy atom. The largest absolute Gasteiger partial charge is 0.0654 e. The van der Waals surface area contributed by atoms with Crippen molar-refractivity contribution < 1.29 is 0 Å². The van der Waals surface area contributed by atoms with Crippen LogP contribution in [-0.4, -0.2) is 0 Å². The molecule has 0 bridgehead atoms. The first-order chi connectivity index (χ1) is 6.69. The lowest BCUT2D eigenvalue weighted by Crippen LogP contribution is -2.29. The fourth-order valence-electron chi connectivity index (χ4n) is 3.34. The molecule has 14 heavy (non-hydrogen) atoms. The minimum absolute atomic E-state index is 0.969. The normalized spacial score (nSPS) is 38.6. The molecule has 1 aliphatic rings. The minimum atomic E-state index is 0.969. The molecule has 4 atom stereocenters. The van der Waals surface area contributed by atoms with Crippen molar-refractivity contribution in [2.75, 3.05) is 0 Å². The summed E-state index contributed by atoms with van der Waals surface area (Å²) in [7, 11) is 0. The van der Waals surface area contributed by atoms with Gasteiger partial charge in [0, 0.05) is 0 Å². The van der Waals surface area contributed by atoms with Crippen LogP contribution in [0.15, 0.2) is 0 Å². The first-order valence-corrected chi connectivity index (χ1v) is 6.69. The third-order valence-corrected chi connectivity index (χ3v) is 4.34. The van der Waals surface area contributed by atoms with Crippen LogP contribution in [0.5, 0.6) is 0 Å². The summed E-state index contributed by atoms with van der Waals surface area (Å²) in [6, 6.07) is 0. The monoisotopic (exact) mass is 196 g/mol. The van der Waals surface area contributed by atoms with Crippen LogP contribution in [0.25, 0.3) is 0 Å². The number of rotatable bonds is 4. The van der Waals surface area contributed by atoms with Crippen molar-refractivity contribution in [2.45, 2.75) is 66.2 Å². The highest BCUT2D eigenvalue weighted by molar-refractivity contribution is 4.81. The summed E-state index contributed by atoms with van der Waals surface area (Å²) in [5, 5.41) is 0. The summed E-state index contributed by atoms with van der Waals surface area (Å²) in [6.07, 6.45) is 8.70. The van der Waals surface area contributed by atoms with Gasteiger partial charge in [0.15, 0.2) is 0 Å². The molecule has 4 unspecified atom stereocenters. The second-order valence-corrected chi connectivity index (χ2v) is 5.51. The number of hydrogen-bond donors (Lipinski definition) is 0. The van der Waals surface area contributed by atoms with E-state index in [-0.39, 0.29) is 0 Å².